The molecule has 1 saturated heterocycles. The molecule has 116 valence electrons. The van der Waals surface area contributed by atoms with Crippen molar-refractivity contribution in [2.45, 2.75) is 31.7 Å². The number of thioether (sulfide) groups is 1. The van der Waals surface area contributed by atoms with Gasteiger partial charge in [0.1, 0.15) is 6.04 Å². The van der Waals surface area contributed by atoms with E-state index in [4.69, 9.17) is 4.74 Å². The molecule has 5 heteroatoms. The van der Waals surface area contributed by atoms with Crippen molar-refractivity contribution in [2.75, 3.05) is 25.4 Å². The summed E-state index contributed by atoms with van der Waals surface area (Å²) in [5.41, 5.74) is 2.61. The van der Waals surface area contributed by atoms with Crippen molar-refractivity contribution in [2.24, 2.45) is 0 Å². The molecule has 1 fully saturated rings. The number of amides is 1. The fraction of sp³-hybridized carbons (Fsp3) is 0.562. The number of benzene rings is 1. The zero-order chi connectivity index (χ0) is 15.1. The number of morpholine rings is 1. The first-order valence-corrected chi connectivity index (χ1v) is 8.58. The summed E-state index contributed by atoms with van der Waals surface area (Å²) in [4.78, 5) is 12.0. The Morgan fingerprint density at radius 1 is 1.43 bits per heavy atom. The van der Waals surface area contributed by atoms with Crippen LogP contribution in [0.15, 0.2) is 24.3 Å². The zero-order valence-corrected chi connectivity index (χ0v) is 13.5. The van der Waals surface area contributed by atoms with E-state index in [0.717, 1.165) is 18.1 Å². The van der Waals surface area contributed by atoms with Crippen molar-refractivity contribution < 1.29 is 9.53 Å². The molecule has 1 amide bonds. The van der Waals surface area contributed by atoms with E-state index in [1.54, 1.807) is 0 Å². The van der Waals surface area contributed by atoms with Crippen molar-refractivity contribution in [3.63, 3.8) is 0 Å². The number of aryl methyl sites for hydroxylation is 1. The number of hydrogen-bond acceptors (Lipinski definition) is 4. The first kappa shape index (κ1) is 16.3. The van der Waals surface area contributed by atoms with Gasteiger partial charge < -0.3 is 15.4 Å². The third kappa shape index (κ3) is 5.34. The molecular formula is C16H24N2O2S. The largest absolute Gasteiger partial charge is 0.375 e. The van der Waals surface area contributed by atoms with Crippen LogP contribution in [-0.4, -0.2) is 43.5 Å². The van der Waals surface area contributed by atoms with E-state index >= 15 is 0 Å². The van der Waals surface area contributed by atoms with E-state index < -0.39 is 0 Å². The molecule has 2 atom stereocenters. The highest BCUT2D eigenvalue weighted by Gasteiger charge is 2.27. The third-order valence-corrected chi connectivity index (χ3v) is 4.56. The van der Waals surface area contributed by atoms with Gasteiger partial charge in [0.15, 0.2) is 0 Å². The first-order chi connectivity index (χ1) is 10.2. The molecule has 1 aliphatic rings. The van der Waals surface area contributed by atoms with E-state index in [2.05, 4.69) is 41.8 Å². The maximum Gasteiger partial charge on any atom is 0.239 e. The summed E-state index contributed by atoms with van der Waals surface area (Å²) in [5, 5.41) is 6.17. The number of carbonyl (C=O) groups excluding carboxylic acids is 1. The minimum absolute atomic E-state index is 0.0399. The Kier molecular flexibility index (Phi) is 6.54. The van der Waals surface area contributed by atoms with Crippen LogP contribution in [0.25, 0.3) is 0 Å². The van der Waals surface area contributed by atoms with Gasteiger partial charge in [-0.05, 0) is 19.4 Å². The fourth-order valence-electron chi connectivity index (χ4n) is 2.26. The van der Waals surface area contributed by atoms with Gasteiger partial charge in [-0.15, -0.1) is 0 Å². The van der Waals surface area contributed by atoms with Gasteiger partial charge in [0.25, 0.3) is 0 Å². The summed E-state index contributed by atoms with van der Waals surface area (Å²) in [6, 6.07) is 8.36. The van der Waals surface area contributed by atoms with E-state index in [-0.39, 0.29) is 18.1 Å². The Balaban J connectivity index is 1.61. The van der Waals surface area contributed by atoms with Gasteiger partial charge in [0.05, 0.1) is 12.7 Å². The quantitative estimate of drug-likeness (QED) is 0.786. The minimum atomic E-state index is -0.221. The van der Waals surface area contributed by atoms with Crippen LogP contribution in [0.3, 0.4) is 0 Å². The molecule has 1 aromatic carbocycles. The number of hydrogen-bond donors (Lipinski definition) is 2. The molecule has 0 radical (unpaired) electrons. The second-order valence-electron chi connectivity index (χ2n) is 5.34. The number of nitrogens with one attached hydrogen (secondary N) is 2. The predicted octanol–water partition coefficient (Wildman–Crippen LogP) is 1.72. The second kappa shape index (κ2) is 8.41. The molecule has 0 aliphatic carbocycles. The monoisotopic (exact) mass is 308 g/mol. The maximum atomic E-state index is 12.0. The Morgan fingerprint density at radius 2 is 2.19 bits per heavy atom. The van der Waals surface area contributed by atoms with Crippen LogP contribution in [-0.2, 0) is 15.3 Å². The predicted molar refractivity (Wildman–Crippen MR) is 87.6 cm³/mol. The van der Waals surface area contributed by atoms with Crippen molar-refractivity contribution in [1.82, 2.24) is 10.6 Å². The molecule has 0 spiro atoms. The Hall–Kier alpha value is -1.04. The van der Waals surface area contributed by atoms with E-state index in [9.17, 15) is 4.79 Å². The molecule has 0 unspecified atom stereocenters. The lowest BCUT2D eigenvalue weighted by Crippen LogP contribution is -2.55. The molecule has 0 saturated carbocycles. The summed E-state index contributed by atoms with van der Waals surface area (Å²) in [6.07, 6.45) is -0.0565. The SMILES string of the molecule is Cc1ccc(CSCCNC(=O)[C@H]2NCCO[C@@H]2C)cc1. The van der Waals surface area contributed by atoms with Gasteiger partial charge in [-0.1, -0.05) is 29.8 Å². The van der Waals surface area contributed by atoms with Crippen molar-refractivity contribution in [3.05, 3.63) is 35.4 Å². The summed E-state index contributed by atoms with van der Waals surface area (Å²) in [5.74, 6) is 1.94. The third-order valence-electron chi connectivity index (χ3n) is 3.53. The average molecular weight is 308 g/mol. The highest BCUT2D eigenvalue weighted by molar-refractivity contribution is 7.98. The van der Waals surface area contributed by atoms with Crippen LogP contribution in [0.2, 0.25) is 0 Å². The van der Waals surface area contributed by atoms with E-state index in [1.807, 2.05) is 18.7 Å². The fourth-order valence-corrected chi connectivity index (χ4v) is 3.08. The molecule has 2 N–H and O–H groups in total. The van der Waals surface area contributed by atoms with Gasteiger partial charge in [-0.25, -0.2) is 0 Å². The zero-order valence-electron chi connectivity index (χ0n) is 12.7. The van der Waals surface area contributed by atoms with Crippen molar-refractivity contribution in [1.29, 1.82) is 0 Å². The van der Waals surface area contributed by atoms with Crippen LogP contribution < -0.4 is 10.6 Å². The smallest absolute Gasteiger partial charge is 0.239 e. The molecule has 1 aromatic rings. The standard InChI is InChI=1S/C16H24N2O2S/c1-12-3-5-14(6-4-12)11-21-10-8-18-16(19)15-13(2)20-9-7-17-15/h3-6,13,15,17H,7-11H2,1-2H3,(H,18,19)/t13-,15+/m1/s1. The van der Waals surface area contributed by atoms with Gasteiger partial charge in [-0.3, -0.25) is 4.79 Å². The van der Waals surface area contributed by atoms with Crippen LogP contribution in [0, 0.1) is 6.92 Å². The van der Waals surface area contributed by atoms with E-state index in [1.165, 1.54) is 11.1 Å². The summed E-state index contributed by atoms with van der Waals surface area (Å²) in [7, 11) is 0. The number of rotatable bonds is 6. The molecule has 0 bridgehead atoms. The summed E-state index contributed by atoms with van der Waals surface area (Å²) >= 11 is 1.84. The second-order valence-corrected chi connectivity index (χ2v) is 6.44. The summed E-state index contributed by atoms with van der Waals surface area (Å²) in [6.45, 7) is 6.14. The molecule has 21 heavy (non-hydrogen) atoms. The number of carbonyl (C=O) groups is 1. The minimum Gasteiger partial charge on any atom is -0.375 e. The lowest BCUT2D eigenvalue weighted by molar-refractivity contribution is -0.128. The maximum absolute atomic E-state index is 12.0. The van der Waals surface area contributed by atoms with E-state index in [0.29, 0.717) is 13.2 Å². The van der Waals surface area contributed by atoms with Crippen LogP contribution in [0.4, 0.5) is 0 Å². The van der Waals surface area contributed by atoms with Gasteiger partial charge in [-0.2, -0.15) is 11.8 Å². The Labute approximate surface area is 131 Å². The lowest BCUT2D eigenvalue weighted by Gasteiger charge is -2.29. The van der Waals surface area contributed by atoms with Crippen molar-refractivity contribution in [3.8, 4) is 0 Å². The van der Waals surface area contributed by atoms with Crippen molar-refractivity contribution >= 4 is 17.7 Å². The molecule has 0 aromatic heterocycles. The number of ether oxygens (including phenoxy) is 1. The Bertz CT molecular complexity index is 450. The van der Waals surface area contributed by atoms with Gasteiger partial charge >= 0.3 is 0 Å². The average Bonchev–Trinajstić information content (AvgIpc) is 2.49. The molecule has 4 nitrogen and oxygen atoms in total. The van der Waals surface area contributed by atoms with Gasteiger partial charge in [0, 0.05) is 24.6 Å². The highest BCUT2D eigenvalue weighted by atomic mass is 32.2. The lowest BCUT2D eigenvalue weighted by atomic mass is 10.1. The normalized spacial score (nSPS) is 22.0. The van der Waals surface area contributed by atoms with Crippen LogP contribution in [0.5, 0.6) is 0 Å². The summed E-state index contributed by atoms with van der Waals surface area (Å²) < 4.78 is 5.48. The molecule has 1 aliphatic heterocycles. The first-order valence-electron chi connectivity index (χ1n) is 7.43. The highest BCUT2D eigenvalue weighted by Crippen LogP contribution is 2.12. The molecular weight excluding hydrogens is 284 g/mol. The molecule has 2 rings (SSSR count). The topological polar surface area (TPSA) is 50.4 Å². The van der Waals surface area contributed by atoms with Crippen LogP contribution in [0.1, 0.15) is 18.1 Å². The van der Waals surface area contributed by atoms with Crippen LogP contribution >= 0.6 is 11.8 Å². The Morgan fingerprint density at radius 3 is 2.90 bits per heavy atom. The van der Waals surface area contributed by atoms with Gasteiger partial charge in [0.2, 0.25) is 5.91 Å². The molecule has 1 heterocycles.